The molecule has 344 valence electrons. The molecule has 2 saturated heterocycles. The second-order valence-corrected chi connectivity index (χ2v) is 24.8. The maximum Gasteiger partial charge on any atom is 0.416 e. The van der Waals surface area contributed by atoms with Crippen molar-refractivity contribution in [3.05, 3.63) is 120 Å². The summed E-state index contributed by atoms with van der Waals surface area (Å²) in [5.74, 6) is -2.13. The number of ether oxygens (including phenoxy) is 4. The molecule has 0 N–H and O–H groups in total. The number of hydrogen-bond donors (Lipinski definition) is 0. The molecule has 2 amide bonds. The molecule has 0 aromatic heterocycles. The van der Waals surface area contributed by atoms with Crippen molar-refractivity contribution in [2.45, 2.75) is 156 Å². The standard InChI is InChI=1S/C53H75NO8Si/c1-33(2)63(34(3)4,35(5)6)62-42(13)38(9)49(58-31-44-25-19-15-20-26-44)39(10)47(55)36(7)29-37(8)48-40(11)50(61-52(60-48)45-27-21-16-22-28-45)41(12)51(56)54-46(32-59-53(54)57)30-43-23-17-14-18-24-43/h14-28,33-35,37-42,46,48-50,52H,7,29-32H2,1-6,8-13H3/t37-,38+,39+,40+,41+,42-,46+,48?,49+,50?,52-/m0/s1. The number of carbonyl (C=O) groups is 3. The second-order valence-electron chi connectivity index (χ2n) is 19.4. The number of rotatable bonds is 21. The van der Waals surface area contributed by atoms with E-state index in [4.69, 9.17) is 23.4 Å². The van der Waals surface area contributed by atoms with E-state index in [-0.39, 0.29) is 42.2 Å². The van der Waals surface area contributed by atoms with Gasteiger partial charge in [-0.2, -0.15) is 0 Å². The number of cyclic esters (lactones) is 1. The van der Waals surface area contributed by atoms with Crippen LogP contribution in [0.15, 0.2) is 103 Å². The lowest BCUT2D eigenvalue weighted by molar-refractivity contribution is -0.288. The van der Waals surface area contributed by atoms with Crippen LogP contribution in [0.1, 0.15) is 112 Å². The zero-order valence-corrected chi connectivity index (χ0v) is 41.0. The maximum atomic E-state index is 14.6. The van der Waals surface area contributed by atoms with Gasteiger partial charge in [-0.3, -0.25) is 9.59 Å². The van der Waals surface area contributed by atoms with E-state index in [1.165, 1.54) is 4.90 Å². The van der Waals surface area contributed by atoms with Gasteiger partial charge < -0.3 is 23.4 Å². The van der Waals surface area contributed by atoms with Gasteiger partial charge in [0.05, 0.1) is 36.9 Å². The minimum Gasteiger partial charge on any atom is -0.447 e. The van der Waals surface area contributed by atoms with E-state index in [0.29, 0.717) is 41.6 Å². The predicted octanol–water partition coefficient (Wildman–Crippen LogP) is 11.9. The van der Waals surface area contributed by atoms with Crippen LogP contribution in [0.5, 0.6) is 0 Å². The lowest BCUT2D eigenvalue weighted by atomic mass is 9.78. The fourth-order valence-electron chi connectivity index (χ4n) is 10.6. The Hall–Kier alpha value is -3.93. The van der Waals surface area contributed by atoms with E-state index < -0.39 is 56.9 Å². The van der Waals surface area contributed by atoms with Crippen molar-refractivity contribution < 1.29 is 37.8 Å². The molecule has 63 heavy (non-hydrogen) atoms. The van der Waals surface area contributed by atoms with Crippen molar-refractivity contribution in [1.29, 1.82) is 0 Å². The van der Waals surface area contributed by atoms with Crippen molar-refractivity contribution in [1.82, 2.24) is 4.90 Å². The van der Waals surface area contributed by atoms with Crippen LogP contribution in [-0.2, 0) is 46.0 Å². The van der Waals surface area contributed by atoms with E-state index in [9.17, 15) is 14.4 Å². The zero-order valence-electron chi connectivity index (χ0n) is 40.0. The minimum atomic E-state index is -2.23. The predicted molar refractivity (Wildman–Crippen MR) is 252 cm³/mol. The van der Waals surface area contributed by atoms with Crippen LogP contribution in [-0.4, -0.2) is 68.1 Å². The molecular formula is C53H75NO8Si. The summed E-state index contributed by atoms with van der Waals surface area (Å²) in [7, 11) is -2.23. The lowest BCUT2D eigenvalue weighted by Gasteiger charge is -2.46. The van der Waals surface area contributed by atoms with Gasteiger partial charge in [-0.1, -0.05) is 174 Å². The molecular weight excluding hydrogens is 807 g/mol. The number of amides is 2. The Kier molecular flexibility index (Phi) is 17.7. The van der Waals surface area contributed by atoms with E-state index >= 15 is 0 Å². The van der Waals surface area contributed by atoms with Crippen molar-refractivity contribution in [2.24, 2.45) is 29.6 Å². The number of benzene rings is 3. The summed E-state index contributed by atoms with van der Waals surface area (Å²) in [5, 5.41) is 0. The second kappa shape index (κ2) is 22.3. The summed E-state index contributed by atoms with van der Waals surface area (Å²) in [5.41, 5.74) is 4.63. The van der Waals surface area contributed by atoms with Gasteiger partial charge in [-0.05, 0) is 59.0 Å². The molecule has 0 radical (unpaired) electrons. The van der Waals surface area contributed by atoms with Crippen LogP contribution in [0.3, 0.4) is 0 Å². The first-order chi connectivity index (χ1) is 29.9. The van der Waals surface area contributed by atoms with E-state index in [1.807, 2.05) is 112 Å². The topological polar surface area (TPSA) is 101 Å². The number of ketones is 1. The summed E-state index contributed by atoms with van der Waals surface area (Å²) in [6, 6.07) is 29.1. The van der Waals surface area contributed by atoms with Gasteiger partial charge in [-0.15, -0.1) is 0 Å². The van der Waals surface area contributed by atoms with Crippen LogP contribution in [0, 0.1) is 29.6 Å². The number of Topliss-reactive ketones (excluding diaryl/α,β-unsaturated/α-hetero) is 1. The highest BCUT2D eigenvalue weighted by molar-refractivity contribution is 6.77. The molecule has 11 atom stereocenters. The van der Waals surface area contributed by atoms with Crippen LogP contribution in [0.2, 0.25) is 16.6 Å². The van der Waals surface area contributed by atoms with E-state index in [0.717, 1.165) is 16.7 Å². The molecule has 2 heterocycles. The quantitative estimate of drug-likeness (QED) is 0.0770. The molecule has 0 saturated carbocycles. The number of imide groups is 1. The number of hydrogen-bond acceptors (Lipinski definition) is 8. The minimum absolute atomic E-state index is 0.0459. The van der Waals surface area contributed by atoms with Crippen molar-refractivity contribution >= 4 is 26.1 Å². The van der Waals surface area contributed by atoms with Crippen molar-refractivity contribution in [2.75, 3.05) is 6.61 Å². The Morgan fingerprint density at radius 2 is 1.29 bits per heavy atom. The fourth-order valence-corrected chi connectivity index (χ4v) is 16.2. The molecule has 2 unspecified atom stereocenters. The Bertz CT molecular complexity index is 1920. The van der Waals surface area contributed by atoms with Crippen LogP contribution in [0.4, 0.5) is 4.79 Å². The summed E-state index contributed by atoms with van der Waals surface area (Å²) >= 11 is 0. The number of nitrogens with zero attached hydrogens (tertiary/aromatic N) is 1. The largest absolute Gasteiger partial charge is 0.447 e. The average Bonchev–Trinajstić information content (AvgIpc) is 3.63. The van der Waals surface area contributed by atoms with Gasteiger partial charge in [0, 0.05) is 29.4 Å². The first-order valence-corrected chi connectivity index (χ1v) is 25.5. The molecule has 3 aromatic rings. The first-order valence-electron chi connectivity index (χ1n) is 23.3. The molecule has 0 spiro atoms. The highest BCUT2D eigenvalue weighted by Crippen LogP contribution is 2.45. The Balaban J connectivity index is 1.36. The van der Waals surface area contributed by atoms with Crippen LogP contribution < -0.4 is 0 Å². The number of carbonyl (C=O) groups excluding carboxylic acids is 3. The fraction of sp³-hybridized carbons (Fsp3) is 0.566. The maximum absolute atomic E-state index is 14.6. The first kappa shape index (κ1) is 50.1. The Morgan fingerprint density at radius 1 is 0.762 bits per heavy atom. The smallest absolute Gasteiger partial charge is 0.416 e. The zero-order chi connectivity index (χ0) is 46.2. The van der Waals surface area contributed by atoms with Gasteiger partial charge in [0.1, 0.15) is 6.61 Å². The SMILES string of the molecule is C=C(C[C@H](C)C1O[C@H](c2ccccc2)OC([C@@H](C)C(=O)N2C(=O)OC[C@H]2Cc2ccccc2)[C@@H]1C)C(=O)[C@@H](C)[C@H](OCc1ccccc1)[C@H](C)[C@H](C)O[Si](C(C)C)(C(C)C)C(C)C. The van der Waals surface area contributed by atoms with Crippen LogP contribution >= 0.6 is 0 Å². The summed E-state index contributed by atoms with van der Waals surface area (Å²) in [6.07, 6.45) is -2.11. The van der Waals surface area contributed by atoms with Gasteiger partial charge in [0.2, 0.25) is 14.2 Å². The third kappa shape index (κ3) is 11.7. The molecule has 2 aliphatic heterocycles. The average molecular weight is 882 g/mol. The molecule has 9 nitrogen and oxygen atoms in total. The molecule has 3 aromatic carbocycles. The molecule has 5 rings (SSSR count). The molecule has 2 aliphatic rings. The molecule has 0 bridgehead atoms. The highest BCUT2D eigenvalue weighted by Gasteiger charge is 2.50. The van der Waals surface area contributed by atoms with Gasteiger partial charge in [0.15, 0.2) is 12.1 Å². The summed E-state index contributed by atoms with van der Waals surface area (Å²) in [4.78, 5) is 43.4. The summed E-state index contributed by atoms with van der Waals surface area (Å²) < 4.78 is 32.9. The van der Waals surface area contributed by atoms with Crippen molar-refractivity contribution in [3.8, 4) is 0 Å². The third-order valence-corrected chi connectivity index (χ3v) is 20.3. The van der Waals surface area contributed by atoms with E-state index in [1.54, 1.807) is 0 Å². The van der Waals surface area contributed by atoms with E-state index in [2.05, 4.69) is 68.9 Å². The highest BCUT2D eigenvalue weighted by atomic mass is 28.4. The molecule has 10 heteroatoms. The third-order valence-electron chi connectivity index (χ3n) is 14.1. The van der Waals surface area contributed by atoms with Crippen LogP contribution in [0.25, 0.3) is 0 Å². The van der Waals surface area contributed by atoms with Crippen molar-refractivity contribution in [3.63, 3.8) is 0 Å². The lowest BCUT2D eigenvalue weighted by Crippen LogP contribution is -2.53. The summed E-state index contributed by atoms with van der Waals surface area (Å²) in [6.45, 7) is 30.9. The molecule has 2 fully saturated rings. The van der Waals surface area contributed by atoms with Gasteiger partial charge >= 0.3 is 6.09 Å². The Labute approximate surface area is 379 Å². The molecule has 0 aliphatic carbocycles. The Morgan fingerprint density at radius 3 is 1.84 bits per heavy atom. The monoisotopic (exact) mass is 882 g/mol. The number of allylic oxidation sites excluding steroid dienone is 1. The van der Waals surface area contributed by atoms with Gasteiger partial charge in [-0.25, -0.2) is 9.69 Å². The van der Waals surface area contributed by atoms with Gasteiger partial charge in [0.25, 0.3) is 0 Å². The normalized spacial score (nSPS) is 23.6.